The van der Waals surface area contributed by atoms with Crippen LogP contribution in [0, 0.1) is 11.8 Å². The number of fused-ring (bicyclic) bond motifs is 1. The number of halogens is 4. The molecule has 2 fully saturated rings. The molecule has 2 aliphatic rings. The third-order valence-electron chi connectivity index (χ3n) is 4.03. The summed E-state index contributed by atoms with van der Waals surface area (Å²) in [4.78, 5) is 2.37. The van der Waals surface area contributed by atoms with Crippen LogP contribution in [0.5, 0.6) is 5.75 Å². The molecule has 1 aromatic rings. The van der Waals surface area contributed by atoms with Gasteiger partial charge in [-0.25, -0.2) is 0 Å². The van der Waals surface area contributed by atoms with E-state index in [9.17, 15) is 13.2 Å². The number of ether oxygens (including phenoxy) is 1. The zero-order valence-corrected chi connectivity index (χ0v) is 12.2. The fourth-order valence-corrected chi connectivity index (χ4v) is 3.14. The molecule has 0 aliphatic carbocycles. The van der Waals surface area contributed by atoms with E-state index in [0.29, 0.717) is 0 Å². The van der Waals surface area contributed by atoms with E-state index in [4.69, 9.17) is 0 Å². The zero-order chi connectivity index (χ0) is 14.2. The molecule has 0 saturated carbocycles. The Kier molecular flexibility index (Phi) is 5.01. The van der Waals surface area contributed by atoms with Gasteiger partial charge in [0.05, 0.1) is 0 Å². The van der Waals surface area contributed by atoms with Gasteiger partial charge in [0, 0.05) is 19.6 Å². The largest absolute Gasteiger partial charge is 0.573 e. The van der Waals surface area contributed by atoms with Gasteiger partial charge in [0.2, 0.25) is 0 Å². The summed E-state index contributed by atoms with van der Waals surface area (Å²) >= 11 is 0. The minimum atomic E-state index is -4.62. The standard InChI is InChI=1S/C14H17F3N2O.ClH/c15-14(16,17)20-13-3-1-10(2-4-13)7-19-8-11-5-18-6-12(11)9-19;/h1-4,11-12,18H,5-9H2;1H/t11-,12+;. The first-order valence-corrected chi connectivity index (χ1v) is 6.77. The van der Waals surface area contributed by atoms with Gasteiger partial charge in [-0.15, -0.1) is 25.6 Å². The van der Waals surface area contributed by atoms with Crippen molar-refractivity contribution in [3.63, 3.8) is 0 Å². The maximum Gasteiger partial charge on any atom is 0.573 e. The predicted molar refractivity (Wildman–Crippen MR) is 75.5 cm³/mol. The summed E-state index contributed by atoms with van der Waals surface area (Å²) in [6.45, 7) is 5.09. The molecule has 0 bridgehead atoms. The molecule has 0 radical (unpaired) electrons. The summed E-state index contributed by atoms with van der Waals surface area (Å²) in [7, 11) is 0. The van der Waals surface area contributed by atoms with Crippen molar-refractivity contribution in [1.29, 1.82) is 0 Å². The second-order valence-electron chi connectivity index (χ2n) is 5.56. The summed E-state index contributed by atoms with van der Waals surface area (Å²) in [6, 6.07) is 6.16. The third-order valence-corrected chi connectivity index (χ3v) is 4.03. The highest BCUT2D eigenvalue weighted by molar-refractivity contribution is 5.85. The second kappa shape index (κ2) is 6.42. The first-order chi connectivity index (χ1) is 9.49. The lowest BCUT2D eigenvalue weighted by atomic mass is 10.0. The Hall–Kier alpha value is -0.980. The molecular formula is C14H18ClF3N2O. The van der Waals surface area contributed by atoms with Gasteiger partial charge in [0.25, 0.3) is 0 Å². The molecule has 3 rings (SSSR count). The molecule has 1 aromatic carbocycles. The summed E-state index contributed by atoms with van der Waals surface area (Å²) in [6.07, 6.45) is -4.62. The lowest BCUT2D eigenvalue weighted by Crippen LogP contribution is -2.25. The summed E-state index contributed by atoms with van der Waals surface area (Å²) in [5.41, 5.74) is 1.02. The fourth-order valence-electron chi connectivity index (χ4n) is 3.14. The molecule has 118 valence electrons. The average Bonchev–Trinajstić information content (AvgIpc) is 2.90. The van der Waals surface area contributed by atoms with Crippen molar-refractivity contribution in [2.75, 3.05) is 26.2 Å². The van der Waals surface area contributed by atoms with E-state index in [0.717, 1.165) is 50.1 Å². The van der Waals surface area contributed by atoms with Crippen molar-refractivity contribution in [2.45, 2.75) is 12.9 Å². The van der Waals surface area contributed by atoms with Crippen molar-refractivity contribution in [3.8, 4) is 5.75 Å². The predicted octanol–water partition coefficient (Wildman–Crippen LogP) is 2.66. The third kappa shape index (κ3) is 4.25. The van der Waals surface area contributed by atoms with E-state index in [1.165, 1.54) is 12.1 Å². The first kappa shape index (κ1) is 16.4. The van der Waals surface area contributed by atoms with Crippen LogP contribution < -0.4 is 10.1 Å². The number of nitrogens with one attached hydrogen (secondary N) is 1. The lowest BCUT2D eigenvalue weighted by molar-refractivity contribution is -0.274. The highest BCUT2D eigenvalue weighted by atomic mass is 35.5. The van der Waals surface area contributed by atoms with Crippen LogP contribution in [0.2, 0.25) is 0 Å². The molecule has 0 aromatic heterocycles. The summed E-state index contributed by atoms with van der Waals surface area (Å²) in [5, 5.41) is 3.39. The van der Waals surface area contributed by atoms with Crippen molar-refractivity contribution in [3.05, 3.63) is 29.8 Å². The van der Waals surface area contributed by atoms with Crippen molar-refractivity contribution >= 4 is 12.4 Å². The summed E-state index contributed by atoms with van der Waals surface area (Å²) < 4.78 is 40.1. The Morgan fingerprint density at radius 3 is 2.19 bits per heavy atom. The molecule has 21 heavy (non-hydrogen) atoms. The van der Waals surface area contributed by atoms with Crippen LogP contribution in [-0.4, -0.2) is 37.4 Å². The SMILES string of the molecule is Cl.FC(F)(F)Oc1ccc(CN2C[C@H]3CNC[C@H]3C2)cc1. The number of hydrogen-bond donors (Lipinski definition) is 1. The van der Waals surface area contributed by atoms with Gasteiger partial charge in [-0.1, -0.05) is 12.1 Å². The Balaban J connectivity index is 0.00000161. The normalized spacial score (nSPS) is 25.5. The number of hydrogen-bond acceptors (Lipinski definition) is 3. The van der Waals surface area contributed by atoms with Crippen LogP contribution in [0.4, 0.5) is 13.2 Å². The first-order valence-electron chi connectivity index (χ1n) is 6.77. The van der Waals surface area contributed by atoms with Crippen molar-refractivity contribution < 1.29 is 17.9 Å². The second-order valence-corrected chi connectivity index (χ2v) is 5.56. The molecule has 0 unspecified atom stereocenters. The van der Waals surface area contributed by atoms with Gasteiger partial charge in [0.15, 0.2) is 0 Å². The van der Waals surface area contributed by atoms with Gasteiger partial charge in [-0.05, 0) is 42.6 Å². The Bertz CT molecular complexity index is 454. The van der Waals surface area contributed by atoms with Gasteiger partial charge < -0.3 is 10.1 Å². The molecule has 2 heterocycles. The maximum absolute atomic E-state index is 12.1. The number of nitrogens with zero attached hydrogens (tertiary/aromatic N) is 1. The zero-order valence-electron chi connectivity index (χ0n) is 11.4. The van der Waals surface area contributed by atoms with E-state index < -0.39 is 6.36 Å². The minimum absolute atomic E-state index is 0. The molecule has 2 atom stereocenters. The van der Waals surface area contributed by atoms with E-state index in [1.807, 2.05) is 0 Å². The van der Waals surface area contributed by atoms with Gasteiger partial charge in [0.1, 0.15) is 5.75 Å². The lowest BCUT2D eigenvalue weighted by Gasteiger charge is -2.17. The molecule has 2 aliphatic heterocycles. The van der Waals surface area contributed by atoms with Crippen LogP contribution in [0.25, 0.3) is 0 Å². The summed E-state index contributed by atoms with van der Waals surface area (Å²) in [5.74, 6) is 1.29. The highest BCUT2D eigenvalue weighted by Crippen LogP contribution is 2.28. The van der Waals surface area contributed by atoms with Crippen LogP contribution >= 0.6 is 12.4 Å². The number of likely N-dealkylation sites (tertiary alicyclic amines) is 1. The smallest absolute Gasteiger partial charge is 0.406 e. The molecule has 0 amide bonds. The van der Waals surface area contributed by atoms with Crippen LogP contribution in [0.15, 0.2) is 24.3 Å². The van der Waals surface area contributed by atoms with Crippen LogP contribution in [0.1, 0.15) is 5.56 Å². The number of alkyl halides is 3. The fraction of sp³-hybridized carbons (Fsp3) is 0.571. The van der Waals surface area contributed by atoms with Gasteiger partial charge in [-0.3, -0.25) is 4.90 Å². The molecule has 1 N–H and O–H groups in total. The minimum Gasteiger partial charge on any atom is -0.406 e. The Morgan fingerprint density at radius 1 is 1.10 bits per heavy atom. The molecule has 7 heteroatoms. The highest BCUT2D eigenvalue weighted by Gasteiger charge is 2.35. The maximum atomic E-state index is 12.1. The quantitative estimate of drug-likeness (QED) is 0.926. The van der Waals surface area contributed by atoms with Gasteiger partial charge in [-0.2, -0.15) is 0 Å². The number of rotatable bonds is 3. The van der Waals surface area contributed by atoms with Gasteiger partial charge >= 0.3 is 6.36 Å². The van der Waals surface area contributed by atoms with Crippen LogP contribution in [-0.2, 0) is 6.54 Å². The van der Waals surface area contributed by atoms with E-state index in [2.05, 4.69) is 15.0 Å². The molecule has 3 nitrogen and oxygen atoms in total. The topological polar surface area (TPSA) is 24.5 Å². The van der Waals surface area contributed by atoms with Crippen LogP contribution in [0.3, 0.4) is 0 Å². The molecule has 0 spiro atoms. The van der Waals surface area contributed by atoms with E-state index in [1.54, 1.807) is 12.1 Å². The number of benzene rings is 1. The van der Waals surface area contributed by atoms with Crippen molar-refractivity contribution in [2.24, 2.45) is 11.8 Å². The Labute approximate surface area is 127 Å². The van der Waals surface area contributed by atoms with Crippen molar-refractivity contribution in [1.82, 2.24) is 10.2 Å². The van der Waals surface area contributed by atoms with E-state index >= 15 is 0 Å². The molecular weight excluding hydrogens is 305 g/mol. The molecule has 2 saturated heterocycles. The Morgan fingerprint density at radius 2 is 1.67 bits per heavy atom. The average molecular weight is 323 g/mol. The van der Waals surface area contributed by atoms with E-state index in [-0.39, 0.29) is 18.2 Å². The monoisotopic (exact) mass is 322 g/mol.